The Hall–Kier alpha value is -3.52. The van der Waals surface area contributed by atoms with Crippen LogP contribution in [0, 0.1) is 6.92 Å². The maximum Gasteiger partial charge on any atom is 0.264 e. The molecule has 0 saturated heterocycles. The summed E-state index contributed by atoms with van der Waals surface area (Å²) in [4.78, 5) is 13.1. The Morgan fingerprint density at radius 3 is 2.29 bits per heavy atom. The lowest BCUT2D eigenvalue weighted by Crippen LogP contribution is -2.41. The number of sulfonamides is 1. The number of nitrogens with one attached hydrogen (secondary N) is 1. The van der Waals surface area contributed by atoms with Gasteiger partial charge in [0.05, 0.1) is 30.3 Å². The summed E-state index contributed by atoms with van der Waals surface area (Å²) in [5.41, 5.74) is 2.16. The van der Waals surface area contributed by atoms with Gasteiger partial charge in [-0.05, 0) is 62.7 Å². The summed E-state index contributed by atoms with van der Waals surface area (Å²) in [6, 6.07) is 20.3. The van der Waals surface area contributed by atoms with Crippen LogP contribution in [-0.2, 0) is 14.8 Å². The van der Waals surface area contributed by atoms with Gasteiger partial charge in [-0.2, -0.15) is 0 Å². The van der Waals surface area contributed by atoms with Crippen LogP contribution in [-0.4, -0.2) is 34.6 Å². The zero-order chi connectivity index (χ0) is 24.7. The van der Waals surface area contributed by atoms with Gasteiger partial charge < -0.3 is 14.8 Å². The fraction of sp³-hybridized carbons (Fsp3) is 0.269. The molecular formula is C26H30N2O5S. The van der Waals surface area contributed by atoms with Crippen molar-refractivity contribution >= 4 is 21.6 Å². The Morgan fingerprint density at radius 2 is 1.68 bits per heavy atom. The van der Waals surface area contributed by atoms with Crippen LogP contribution < -0.4 is 19.1 Å². The summed E-state index contributed by atoms with van der Waals surface area (Å²) >= 11 is 0. The van der Waals surface area contributed by atoms with E-state index in [1.165, 1.54) is 19.2 Å². The molecule has 0 aromatic heterocycles. The van der Waals surface area contributed by atoms with Crippen LogP contribution in [0.2, 0.25) is 0 Å². The molecule has 3 aromatic carbocycles. The van der Waals surface area contributed by atoms with Crippen molar-refractivity contribution in [1.29, 1.82) is 0 Å². The number of amides is 1. The zero-order valence-electron chi connectivity index (χ0n) is 19.8. The number of carbonyl (C=O) groups is 1. The molecule has 8 heteroatoms. The van der Waals surface area contributed by atoms with Crippen molar-refractivity contribution in [2.24, 2.45) is 0 Å². The molecule has 3 aromatic rings. The Balaban J connectivity index is 1.86. The highest BCUT2D eigenvalue weighted by Crippen LogP contribution is 2.27. The van der Waals surface area contributed by atoms with E-state index in [1.807, 2.05) is 45.0 Å². The third-order valence-electron chi connectivity index (χ3n) is 5.31. The Kier molecular flexibility index (Phi) is 8.17. The molecule has 0 aliphatic rings. The van der Waals surface area contributed by atoms with E-state index in [-0.39, 0.29) is 17.5 Å². The van der Waals surface area contributed by atoms with Gasteiger partial charge >= 0.3 is 0 Å². The van der Waals surface area contributed by atoms with E-state index >= 15 is 0 Å². The molecule has 0 bridgehead atoms. The highest BCUT2D eigenvalue weighted by atomic mass is 32.2. The molecule has 1 N–H and O–H groups in total. The van der Waals surface area contributed by atoms with Crippen molar-refractivity contribution in [3.05, 3.63) is 83.9 Å². The lowest BCUT2D eigenvalue weighted by Gasteiger charge is -2.25. The van der Waals surface area contributed by atoms with Crippen LogP contribution in [0.4, 0.5) is 5.69 Å². The third-order valence-corrected chi connectivity index (χ3v) is 7.09. The number of aryl methyl sites for hydroxylation is 1. The molecule has 180 valence electrons. The van der Waals surface area contributed by atoms with Crippen LogP contribution in [0.3, 0.4) is 0 Å². The molecule has 7 nitrogen and oxygen atoms in total. The zero-order valence-corrected chi connectivity index (χ0v) is 20.6. The second-order valence-corrected chi connectivity index (χ2v) is 9.68. The summed E-state index contributed by atoms with van der Waals surface area (Å²) in [5, 5.41) is 2.89. The van der Waals surface area contributed by atoms with Crippen molar-refractivity contribution in [2.75, 3.05) is 24.6 Å². The number of anilines is 1. The molecule has 0 fully saturated rings. The standard InChI is InChI=1S/C26H30N2O5S/c1-5-33-23-13-11-21(12-14-23)20(3)27-26(29)18-28(22-7-6-8-24(17-22)32-4)34(30,31)25-15-9-19(2)10-16-25/h6-17,20H,5,18H2,1-4H3,(H,27,29)/t20-/m1/s1. The molecule has 1 amide bonds. The number of ether oxygens (including phenoxy) is 2. The number of carbonyl (C=O) groups excluding carboxylic acids is 1. The van der Waals surface area contributed by atoms with E-state index in [2.05, 4.69) is 5.32 Å². The van der Waals surface area contributed by atoms with Gasteiger partial charge in [0.1, 0.15) is 18.0 Å². The van der Waals surface area contributed by atoms with Crippen molar-refractivity contribution in [2.45, 2.75) is 31.7 Å². The van der Waals surface area contributed by atoms with Gasteiger partial charge in [0.15, 0.2) is 0 Å². The van der Waals surface area contributed by atoms with Gasteiger partial charge in [0.2, 0.25) is 5.91 Å². The summed E-state index contributed by atoms with van der Waals surface area (Å²) in [6.07, 6.45) is 0. The van der Waals surface area contributed by atoms with Crippen LogP contribution >= 0.6 is 0 Å². The van der Waals surface area contributed by atoms with Crippen LogP contribution in [0.15, 0.2) is 77.7 Å². The first-order chi connectivity index (χ1) is 16.2. The van der Waals surface area contributed by atoms with E-state index in [4.69, 9.17) is 9.47 Å². The number of rotatable bonds is 10. The molecule has 0 aliphatic heterocycles. The van der Waals surface area contributed by atoms with E-state index in [0.717, 1.165) is 21.2 Å². The minimum absolute atomic E-state index is 0.105. The molecular weight excluding hydrogens is 452 g/mol. The largest absolute Gasteiger partial charge is 0.497 e. The summed E-state index contributed by atoms with van der Waals surface area (Å²) in [6.45, 7) is 5.82. The topological polar surface area (TPSA) is 84.9 Å². The second-order valence-electron chi connectivity index (χ2n) is 7.82. The highest BCUT2D eigenvalue weighted by molar-refractivity contribution is 7.92. The van der Waals surface area contributed by atoms with Crippen LogP contribution in [0.1, 0.15) is 31.0 Å². The summed E-state index contributed by atoms with van der Waals surface area (Å²) in [5.74, 6) is 0.808. The molecule has 0 unspecified atom stereocenters. The maximum absolute atomic E-state index is 13.5. The first-order valence-corrected chi connectivity index (χ1v) is 12.4. The molecule has 1 atom stereocenters. The van der Waals surface area contributed by atoms with E-state index in [0.29, 0.717) is 18.0 Å². The lowest BCUT2D eigenvalue weighted by atomic mass is 10.1. The van der Waals surface area contributed by atoms with E-state index < -0.39 is 15.9 Å². The van der Waals surface area contributed by atoms with Gasteiger partial charge in [-0.1, -0.05) is 35.9 Å². The molecule has 0 heterocycles. The fourth-order valence-corrected chi connectivity index (χ4v) is 4.85. The van der Waals surface area contributed by atoms with Crippen LogP contribution in [0.5, 0.6) is 11.5 Å². The predicted molar refractivity (Wildman–Crippen MR) is 133 cm³/mol. The molecule has 3 rings (SSSR count). The van der Waals surface area contributed by atoms with Gasteiger partial charge in [-0.15, -0.1) is 0 Å². The van der Waals surface area contributed by atoms with Crippen molar-refractivity contribution in [3.63, 3.8) is 0 Å². The Morgan fingerprint density at radius 1 is 1.00 bits per heavy atom. The van der Waals surface area contributed by atoms with Gasteiger partial charge in [0, 0.05) is 6.07 Å². The minimum atomic E-state index is -4.00. The first kappa shape index (κ1) is 25.1. The average molecular weight is 483 g/mol. The van der Waals surface area contributed by atoms with Gasteiger partial charge in [-0.25, -0.2) is 8.42 Å². The molecule has 0 radical (unpaired) electrons. The van der Waals surface area contributed by atoms with Crippen LogP contribution in [0.25, 0.3) is 0 Å². The first-order valence-electron chi connectivity index (χ1n) is 11.0. The van der Waals surface area contributed by atoms with E-state index in [1.54, 1.807) is 36.4 Å². The SMILES string of the molecule is CCOc1ccc([C@@H](C)NC(=O)CN(c2cccc(OC)c2)S(=O)(=O)c2ccc(C)cc2)cc1. The number of nitrogens with zero attached hydrogens (tertiary/aromatic N) is 1. The summed E-state index contributed by atoms with van der Waals surface area (Å²) < 4.78 is 38.9. The van der Waals surface area contributed by atoms with Gasteiger partial charge in [-0.3, -0.25) is 9.10 Å². The summed E-state index contributed by atoms with van der Waals surface area (Å²) in [7, 11) is -2.50. The number of hydrogen-bond donors (Lipinski definition) is 1. The maximum atomic E-state index is 13.5. The molecule has 0 aliphatic carbocycles. The van der Waals surface area contributed by atoms with Crippen molar-refractivity contribution in [1.82, 2.24) is 5.32 Å². The second kappa shape index (κ2) is 11.1. The Labute approximate surface area is 201 Å². The number of benzene rings is 3. The minimum Gasteiger partial charge on any atom is -0.497 e. The predicted octanol–water partition coefficient (Wildman–Crippen LogP) is 4.48. The highest BCUT2D eigenvalue weighted by Gasteiger charge is 2.28. The monoisotopic (exact) mass is 482 g/mol. The fourth-order valence-electron chi connectivity index (χ4n) is 3.44. The average Bonchev–Trinajstić information content (AvgIpc) is 2.83. The lowest BCUT2D eigenvalue weighted by molar-refractivity contribution is -0.120. The van der Waals surface area contributed by atoms with Crippen molar-refractivity contribution in [3.8, 4) is 11.5 Å². The van der Waals surface area contributed by atoms with E-state index in [9.17, 15) is 13.2 Å². The van der Waals surface area contributed by atoms with Gasteiger partial charge in [0.25, 0.3) is 10.0 Å². The molecule has 0 spiro atoms. The molecule has 34 heavy (non-hydrogen) atoms. The quantitative estimate of drug-likeness (QED) is 0.461. The smallest absolute Gasteiger partial charge is 0.264 e. The number of hydrogen-bond acceptors (Lipinski definition) is 5. The Bertz CT molecular complexity index is 1210. The molecule has 0 saturated carbocycles. The number of methoxy groups -OCH3 is 1. The van der Waals surface area contributed by atoms with Crippen molar-refractivity contribution < 1.29 is 22.7 Å². The normalized spacial score (nSPS) is 12.0. The third kappa shape index (κ3) is 6.08.